The number of hydrogen-bond donors (Lipinski definition) is 0. The fourth-order valence-corrected chi connectivity index (χ4v) is 2.69. The largest absolute Gasteiger partial charge is 0.378 e. The average molecular weight is 336 g/mol. The van der Waals surface area contributed by atoms with E-state index in [-0.39, 0.29) is 0 Å². The van der Waals surface area contributed by atoms with E-state index in [9.17, 15) is 0 Å². The summed E-state index contributed by atoms with van der Waals surface area (Å²) < 4.78 is 5.46. The molecule has 0 bridgehead atoms. The summed E-state index contributed by atoms with van der Waals surface area (Å²) in [6, 6.07) is 18.2. The van der Waals surface area contributed by atoms with Crippen molar-refractivity contribution in [3.05, 3.63) is 60.2 Å². The van der Waals surface area contributed by atoms with Crippen molar-refractivity contribution in [1.82, 2.24) is 4.90 Å². The molecule has 0 saturated carbocycles. The first-order valence-corrected chi connectivity index (χ1v) is 8.51. The Hall–Kier alpha value is -2.66. The van der Waals surface area contributed by atoms with Crippen LogP contribution in [0.15, 0.2) is 64.6 Å². The summed E-state index contributed by atoms with van der Waals surface area (Å²) >= 11 is 0. The van der Waals surface area contributed by atoms with Gasteiger partial charge in [0.2, 0.25) is 5.96 Å². The van der Waals surface area contributed by atoms with E-state index in [1.165, 1.54) is 0 Å². The Morgan fingerprint density at radius 2 is 1.68 bits per heavy atom. The normalized spacial score (nSPS) is 15.6. The summed E-state index contributed by atoms with van der Waals surface area (Å²) in [7, 11) is 4.07. The van der Waals surface area contributed by atoms with E-state index < -0.39 is 0 Å². The SMILES string of the molecule is CN(C)c1ccccc1C=NC(=Nc1ccccc1)N1CCOCC1. The van der Waals surface area contributed by atoms with Crippen molar-refractivity contribution >= 4 is 23.5 Å². The maximum Gasteiger partial charge on any atom is 0.226 e. The van der Waals surface area contributed by atoms with E-state index in [1.54, 1.807) is 0 Å². The third-order valence-electron chi connectivity index (χ3n) is 4.02. The maximum absolute atomic E-state index is 5.46. The molecule has 0 aliphatic carbocycles. The lowest BCUT2D eigenvalue weighted by molar-refractivity contribution is 0.0676. The molecule has 2 aromatic rings. The van der Waals surface area contributed by atoms with Gasteiger partial charge in [-0.3, -0.25) is 0 Å². The van der Waals surface area contributed by atoms with Crippen LogP contribution in [0, 0.1) is 0 Å². The number of ether oxygens (including phenoxy) is 1. The minimum Gasteiger partial charge on any atom is -0.378 e. The molecule has 0 amide bonds. The molecule has 5 nitrogen and oxygen atoms in total. The van der Waals surface area contributed by atoms with E-state index in [0.717, 1.165) is 36.0 Å². The van der Waals surface area contributed by atoms with Gasteiger partial charge in [0.1, 0.15) is 0 Å². The summed E-state index contributed by atoms with van der Waals surface area (Å²) in [6.45, 7) is 3.02. The summed E-state index contributed by atoms with van der Waals surface area (Å²) in [5.41, 5.74) is 3.11. The Kier molecular flexibility index (Phi) is 5.80. The summed E-state index contributed by atoms with van der Waals surface area (Å²) in [5, 5.41) is 0. The van der Waals surface area contributed by atoms with Crippen LogP contribution < -0.4 is 4.90 Å². The van der Waals surface area contributed by atoms with Crippen molar-refractivity contribution < 1.29 is 4.74 Å². The van der Waals surface area contributed by atoms with Gasteiger partial charge >= 0.3 is 0 Å². The summed E-state index contributed by atoms with van der Waals surface area (Å²) in [5.74, 6) is 0.725. The van der Waals surface area contributed by atoms with E-state index in [0.29, 0.717) is 13.2 Å². The van der Waals surface area contributed by atoms with Crippen LogP contribution in [0.2, 0.25) is 0 Å². The predicted octanol–water partition coefficient (Wildman–Crippen LogP) is 3.19. The monoisotopic (exact) mass is 336 g/mol. The lowest BCUT2D eigenvalue weighted by Gasteiger charge is -2.27. The van der Waals surface area contributed by atoms with Gasteiger partial charge in [-0.15, -0.1) is 0 Å². The first-order chi connectivity index (χ1) is 12.2. The number of morpholine rings is 1. The first-order valence-electron chi connectivity index (χ1n) is 8.51. The van der Waals surface area contributed by atoms with E-state index in [4.69, 9.17) is 14.7 Å². The Labute approximate surface area is 149 Å². The first kappa shape index (κ1) is 17.2. The van der Waals surface area contributed by atoms with E-state index in [1.807, 2.05) is 62.8 Å². The van der Waals surface area contributed by atoms with Crippen LogP contribution in [-0.4, -0.2) is 57.5 Å². The quantitative estimate of drug-likeness (QED) is 0.638. The average Bonchev–Trinajstić information content (AvgIpc) is 2.67. The molecular weight excluding hydrogens is 312 g/mol. The minimum atomic E-state index is 0.706. The molecule has 1 aliphatic heterocycles. The van der Waals surface area contributed by atoms with E-state index >= 15 is 0 Å². The highest BCUT2D eigenvalue weighted by molar-refractivity contribution is 5.97. The minimum absolute atomic E-state index is 0.706. The zero-order valence-electron chi connectivity index (χ0n) is 14.8. The van der Waals surface area contributed by atoms with Gasteiger partial charge in [-0.25, -0.2) is 9.98 Å². The van der Waals surface area contributed by atoms with Crippen LogP contribution in [0.1, 0.15) is 5.56 Å². The molecule has 1 heterocycles. The molecule has 0 spiro atoms. The number of guanidine groups is 1. The van der Waals surface area contributed by atoms with Gasteiger partial charge in [-0.05, 0) is 18.2 Å². The highest BCUT2D eigenvalue weighted by Gasteiger charge is 2.14. The van der Waals surface area contributed by atoms with Gasteiger partial charge in [0.15, 0.2) is 0 Å². The van der Waals surface area contributed by atoms with Crippen LogP contribution in [0.3, 0.4) is 0 Å². The van der Waals surface area contributed by atoms with E-state index in [2.05, 4.69) is 21.9 Å². The molecule has 25 heavy (non-hydrogen) atoms. The number of aliphatic imine (C=N–C) groups is 2. The second-order valence-corrected chi connectivity index (χ2v) is 6.06. The van der Waals surface area contributed by atoms with Crippen LogP contribution in [0.25, 0.3) is 0 Å². The smallest absolute Gasteiger partial charge is 0.226 e. The Morgan fingerprint density at radius 1 is 1.00 bits per heavy atom. The zero-order chi connectivity index (χ0) is 17.5. The molecule has 0 atom stereocenters. The van der Waals surface area contributed by atoms with Crippen molar-refractivity contribution in [2.24, 2.45) is 9.98 Å². The maximum atomic E-state index is 5.46. The number of nitrogens with zero attached hydrogens (tertiary/aromatic N) is 4. The molecule has 1 saturated heterocycles. The number of hydrogen-bond acceptors (Lipinski definition) is 3. The highest BCUT2D eigenvalue weighted by atomic mass is 16.5. The predicted molar refractivity (Wildman–Crippen MR) is 104 cm³/mol. The van der Waals surface area contributed by atoms with Gasteiger partial charge in [-0.2, -0.15) is 0 Å². The van der Waals surface area contributed by atoms with Crippen molar-refractivity contribution in [2.45, 2.75) is 0 Å². The van der Waals surface area contributed by atoms with Crippen LogP contribution in [0.4, 0.5) is 11.4 Å². The van der Waals surface area contributed by atoms with Crippen molar-refractivity contribution in [3.63, 3.8) is 0 Å². The molecule has 1 aliphatic rings. The number of anilines is 1. The molecule has 2 aromatic carbocycles. The van der Waals surface area contributed by atoms with Crippen LogP contribution in [-0.2, 0) is 4.74 Å². The van der Waals surface area contributed by atoms with Crippen LogP contribution in [0.5, 0.6) is 0 Å². The van der Waals surface area contributed by atoms with Crippen molar-refractivity contribution in [1.29, 1.82) is 0 Å². The Morgan fingerprint density at radius 3 is 2.40 bits per heavy atom. The lowest BCUT2D eigenvalue weighted by atomic mass is 10.2. The highest BCUT2D eigenvalue weighted by Crippen LogP contribution is 2.17. The third kappa shape index (κ3) is 4.67. The van der Waals surface area contributed by atoms with Crippen LogP contribution >= 0.6 is 0 Å². The molecular formula is C20H24N4O. The molecule has 130 valence electrons. The standard InChI is InChI=1S/C20H24N4O/c1-23(2)19-11-7-6-8-17(19)16-21-20(24-12-14-25-15-13-24)22-18-9-4-3-5-10-18/h3-11,16H,12-15H2,1-2H3. The summed E-state index contributed by atoms with van der Waals surface area (Å²) in [6.07, 6.45) is 1.90. The zero-order valence-corrected chi connectivity index (χ0v) is 14.8. The van der Waals surface area contributed by atoms with Gasteiger partial charge in [0.05, 0.1) is 18.9 Å². The van der Waals surface area contributed by atoms with Gasteiger partial charge < -0.3 is 14.5 Å². The number of benzene rings is 2. The summed E-state index contributed by atoms with van der Waals surface area (Å²) in [4.78, 5) is 13.7. The molecule has 3 rings (SSSR count). The number of rotatable bonds is 3. The topological polar surface area (TPSA) is 40.4 Å². The number of para-hydroxylation sites is 2. The van der Waals surface area contributed by atoms with Gasteiger partial charge in [0.25, 0.3) is 0 Å². The lowest BCUT2D eigenvalue weighted by Crippen LogP contribution is -2.40. The van der Waals surface area contributed by atoms with Crippen molar-refractivity contribution in [3.8, 4) is 0 Å². The third-order valence-corrected chi connectivity index (χ3v) is 4.02. The van der Waals surface area contributed by atoms with Gasteiger partial charge in [0, 0.05) is 44.7 Å². The fourth-order valence-electron chi connectivity index (χ4n) is 2.69. The van der Waals surface area contributed by atoms with Crippen molar-refractivity contribution in [2.75, 3.05) is 45.3 Å². The second-order valence-electron chi connectivity index (χ2n) is 6.06. The molecule has 0 radical (unpaired) electrons. The molecule has 0 unspecified atom stereocenters. The molecule has 0 aromatic heterocycles. The van der Waals surface area contributed by atoms with Gasteiger partial charge in [-0.1, -0.05) is 36.4 Å². The molecule has 1 fully saturated rings. The molecule has 5 heteroatoms. The fraction of sp³-hybridized carbons (Fsp3) is 0.300. The molecule has 0 N–H and O–H groups in total. The Balaban J connectivity index is 1.91. The second kappa shape index (κ2) is 8.44. The Bertz CT molecular complexity index is 734.